The average Bonchev–Trinajstić information content (AvgIpc) is 2.40. The van der Waals surface area contributed by atoms with Gasteiger partial charge in [0.05, 0.1) is 11.4 Å². The van der Waals surface area contributed by atoms with E-state index in [0.29, 0.717) is 16.6 Å². The van der Waals surface area contributed by atoms with Gasteiger partial charge in [0.15, 0.2) is 0 Å². The van der Waals surface area contributed by atoms with Crippen molar-refractivity contribution in [2.24, 2.45) is 23.2 Å². The lowest BCUT2D eigenvalue weighted by Gasteiger charge is -2.59. The van der Waals surface area contributed by atoms with Gasteiger partial charge in [-0.25, -0.2) is 4.98 Å². The smallest absolute Gasteiger partial charge is 0.129 e. The lowest BCUT2D eigenvalue weighted by Crippen LogP contribution is -2.52. The Morgan fingerprint density at radius 1 is 1.14 bits per heavy atom. The van der Waals surface area contributed by atoms with Gasteiger partial charge in [0.1, 0.15) is 5.15 Å². The molecule has 1 unspecified atom stereocenters. The Balaban J connectivity index is 1.56. The molecule has 0 aromatic carbocycles. The molecule has 1 atom stereocenters. The van der Waals surface area contributed by atoms with Crippen LogP contribution in [0.15, 0.2) is 12.1 Å². The topological polar surface area (TPSA) is 24.9 Å². The van der Waals surface area contributed by atoms with Crippen LogP contribution in [-0.4, -0.2) is 11.0 Å². The summed E-state index contributed by atoms with van der Waals surface area (Å²) in [6.07, 6.45) is 8.84. The summed E-state index contributed by atoms with van der Waals surface area (Å²) in [5, 5.41) is 4.36. The minimum atomic E-state index is 0.529. The molecular formula is C18H25ClN2. The second kappa shape index (κ2) is 4.87. The minimum absolute atomic E-state index is 0.529. The zero-order chi connectivity index (χ0) is 14.6. The number of anilines is 1. The highest BCUT2D eigenvalue weighted by Gasteiger charge is 2.53. The summed E-state index contributed by atoms with van der Waals surface area (Å²) in [5.41, 5.74) is 2.70. The largest absolute Gasteiger partial charge is 0.381 e. The minimum Gasteiger partial charge on any atom is -0.381 e. The fourth-order valence-corrected chi connectivity index (χ4v) is 5.97. The lowest BCUT2D eigenvalue weighted by atomic mass is 9.48. The van der Waals surface area contributed by atoms with Crippen molar-refractivity contribution >= 4 is 17.3 Å². The van der Waals surface area contributed by atoms with Crippen LogP contribution in [0.5, 0.6) is 0 Å². The monoisotopic (exact) mass is 304 g/mol. The van der Waals surface area contributed by atoms with Crippen LogP contribution in [0.25, 0.3) is 0 Å². The summed E-state index contributed by atoms with van der Waals surface area (Å²) in [7, 11) is 0. The number of hydrogen-bond donors (Lipinski definition) is 1. The van der Waals surface area contributed by atoms with E-state index >= 15 is 0 Å². The number of halogens is 1. The van der Waals surface area contributed by atoms with Crippen molar-refractivity contribution < 1.29 is 0 Å². The van der Waals surface area contributed by atoms with Crippen LogP contribution < -0.4 is 5.32 Å². The van der Waals surface area contributed by atoms with Gasteiger partial charge in [-0.05, 0) is 87.7 Å². The summed E-state index contributed by atoms with van der Waals surface area (Å²) >= 11 is 5.97. The summed E-state index contributed by atoms with van der Waals surface area (Å²) < 4.78 is 0. The number of pyridine rings is 1. The zero-order valence-electron chi connectivity index (χ0n) is 13.0. The summed E-state index contributed by atoms with van der Waals surface area (Å²) in [5.74, 6) is 3.01. The van der Waals surface area contributed by atoms with E-state index in [9.17, 15) is 0 Å². The first-order valence-electron chi connectivity index (χ1n) is 8.44. The molecule has 5 rings (SSSR count). The van der Waals surface area contributed by atoms with Gasteiger partial charge in [-0.15, -0.1) is 0 Å². The molecule has 1 N–H and O–H groups in total. The molecule has 2 nitrogen and oxygen atoms in total. The molecule has 0 radical (unpaired) electrons. The maximum atomic E-state index is 5.97. The van der Waals surface area contributed by atoms with Crippen LogP contribution in [0.2, 0.25) is 5.15 Å². The molecule has 3 heteroatoms. The molecule has 0 spiro atoms. The highest BCUT2D eigenvalue weighted by atomic mass is 35.5. The molecule has 0 saturated heterocycles. The maximum Gasteiger partial charge on any atom is 0.129 e. The van der Waals surface area contributed by atoms with Crippen molar-refractivity contribution in [3.63, 3.8) is 0 Å². The first-order valence-corrected chi connectivity index (χ1v) is 8.81. The number of aryl methyl sites for hydroxylation is 1. The average molecular weight is 305 g/mol. The summed E-state index contributed by atoms with van der Waals surface area (Å²) in [6, 6.07) is 4.51. The first kappa shape index (κ1) is 13.9. The number of aromatic nitrogens is 1. The Kier molecular flexibility index (Phi) is 3.22. The third-order valence-electron chi connectivity index (χ3n) is 6.43. The van der Waals surface area contributed by atoms with Crippen molar-refractivity contribution in [1.82, 2.24) is 4.98 Å². The van der Waals surface area contributed by atoms with Gasteiger partial charge in [0.25, 0.3) is 0 Å². The Morgan fingerprint density at radius 3 is 2.24 bits per heavy atom. The fourth-order valence-electron chi connectivity index (χ4n) is 5.78. The SMILES string of the molecule is Cc1nc(Cl)ccc1NC(C)C12CC3CC(CC(C3)C1)C2. The molecule has 1 heterocycles. The van der Waals surface area contributed by atoms with Crippen LogP contribution in [0.1, 0.15) is 51.1 Å². The molecular weight excluding hydrogens is 280 g/mol. The van der Waals surface area contributed by atoms with Gasteiger partial charge >= 0.3 is 0 Å². The number of nitrogens with zero attached hydrogens (tertiary/aromatic N) is 1. The first-order chi connectivity index (χ1) is 10.0. The zero-order valence-corrected chi connectivity index (χ0v) is 13.8. The molecule has 0 aliphatic heterocycles. The Hall–Kier alpha value is -0.760. The van der Waals surface area contributed by atoms with E-state index in [0.717, 1.165) is 29.1 Å². The number of rotatable bonds is 3. The van der Waals surface area contributed by atoms with Crippen molar-refractivity contribution in [2.45, 2.75) is 58.4 Å². The van der Waals surface area contributed by atoms with E-state index in [1.165, 1.54) is 38.5 Å². The van der Waals surface area contributed by atoms with Crippen LogP contribution in [0, 0.1) is 30.1 Å². The summed E-state index contributed by atoms with van der Waals surface area (Å²) in [4.78, 5) is 4.38. The number of nitrogens with one attached hydrogen (secondary N) is 1. The highest BCUT2D eigenvalue weighted by Crippen LogP contribution is 2.61. The van der Waals surface area contributed by atoms with Gasteiger partial charge in [-0.1, -0.05) is 11.6 Å². The van der Waals surface area contributed by atoms with Crippen molar-refractivity contribution in [3.05, 3.63) is 23.0 Å². The Labute approximate surface area is 132 Å². The normalized spacial score (nSPS) is 38.5. The maximum absolute atomic E-state index is 5.97. The van der Waals surface area contributed by atoms with Gasteiger partial charge in [-0.2, -0.15) is 0 Å². The predicted molar refractivity (Wildman–Crippen MR) is 87.7 cm³/mol. The molecule has 4 aliphatic carbocycles. The van der Waals surface area contributed by atoms with Crippen molar-refractivity contribution in [1.29, 1.82) is 0 Å². The third kappa shape index (κ3) is 2.36. The molecule has 21 heavy (non-hydrogen) atoms. The van der Waals surface area contributed by atoms with E-state index in [1.807, 2.05) is 13.0 Å². The van der Waals surface area contributed by atoms with Crippen LogP contribution in [0.3, 0.4) is 0 Å². The van der Waals surface area contributed by atoms with Gasteiger partial charge in [0, 0.05) is 6.04 Å². The van der Waals surface area contributed by atoms with Gasteiger partial charge in [0.2, 0.25) is 0 Å². The molecule has 4 fully saturated rings. The second-order valence-corrected chi connectivity index (χ2v) is 8.30. The van der Waals surface area contributed by atoms with E-state index in [1.54, 1.807) is 0 Å². The lowest BCUT2D eigenvalue weighted by molar-refractivity contribution is -0.0602. The van der Waals surface area contributed by atoms with Crippen LogP contribution in [0.4, 0.5) is 5.69 Å². The quantitative estimate of drug-likeness (QED) is 0.789. The second-order valence-electron chi connectivity index (χ2n) is 7.91. The Morgan fingerprint density at radius 2 is 1.71 bits per heavy atom. The van der Waals surface area contributed by atoms with Crippen molar-refractivity contribution in [3.8, 4) is 0 Å². The fraction of sp³-hybridized carbons (Fsp3) is 0.722. The molecule has 4 saturated carbocycles. The van der Waals surface area contributed by atoms with E-state index in [4.69, 9.17) is 11.6 Å². The molecule has 0 amide bonds. The summed E-state index contributed by atoms with van der Waals surface area (Å²) in [6.45, 7) is 4.43. The van der Waals surface area contributed by atoms with E-state index in [-0.39, 0.29) is 0 Å². The van der Waals surface area contributed by atoms with Crippen LogP contribution >= 0.6 is 11.6 Å². The predicted octanol–water partition coefficient (Wildman–Crippen LogP) is 5.06. The number of hydrogen-bond acceptors (Lipinski definition) is 2. The van der Waals surface area contributed by atoms with E-state index < -0.39 is 0 Å². The van der Waals surface area contributed by atoms with E-state index in [2.05, 4.69) is 23.3 Å². The highest BCUT2D eigenvalue weighted by molar-refractivity contribution is 6.29. The molecule has 114 valence electrons. The van der Waals surface area contributed by atoms with Crippen molar-refractivity contribution in [2.75, 3.05) is 5.32 Å². The third-order valence-corrected chi connectivity index (χ3v) is 6.64. The Bertz CT molecular complexity index is 519. The molecule has 1 aromatic rings. The standard InChI is InChI=1S/C18H25ClN2/c1-11-16(3-4-17(19)20-11)21-12(2)18-8-13-5-14(9-18)7-15(6-13)10-18/h3-4,12-15,21H,5-10H2,1-2H3. The van der Waals surface area contributed by atoms with Crippen LogP contribution in [-0.2, 0) is 0 Å². The molecule has 4 bridgehead atoms. The van der Waals surface area contributed by atoms with Gasteiger partial charge < -0.3 is 5.32 Å². The van der Waals surface area contributed by atoms with Gasteiger partial charge in [-0.3, -0.25) is 0 Å². The molecule has 1 aromatic heterocycles. The molecule has 4 aliphatic rings.